The lowest BCUT2D eigenvalue weighted by molar-refractivity contribution is -0.139. The van der Waals surface area contributed by atoms with Gasteiger partial charge in [-0.2, -0.15) is 0 Å². The Morgan fingerprint density at radius 3 is 2.38 bits per heavy atom. The number of amides is 3. The van der Waals surface area contributed by atoms with E-state index in [0.717, 1.165) is 0 Å². The normalized spacial score (nSPS) is 11.3. The molecule has 0 bridgehead atoms. The number of rotatable bonds is 9. The molecule has 21 heavy (non-hydrogen) atoms. The van der Waals surface area contributed by atoms with Crippen LogP contribution in [0.25, 0.3) is 0 Å². The Morgan fingerprint density at radius 2 is 1.86 bits per heavy atom. The Kier molecular flexibility index (Phi) is 8.44. The molecule has 0 aliphatic carbocycles. The van der Waals surface area contributed by atoms with Crippen molar-refractivity contribution in [1.82, 2.24) is 10.6 Å². The summed E-state index contributed by atoms with van der Waals surface area (Å²) < 4.78 is 28.0. The van der Waals surface area contributed by atoms with Gasteiger partial charge in [0.2, 0.25) is 5.91 Å². The van der Waals surface area contributed by atoms with Gasteiger partial charge in [-0.1, -0.05) is 13.8 Å². The number of hydrogen-bond acceptors (Lipinski definition) is 4. The molecule has 3 amide bonds. The summed E-state index contributed by atoms with van der Waals surface area (Å²) in [6.07, 6.45) is -2.91. The fraction of sp³-hybridized carbons (Fsp3) is 0.750. The number of carboxylic acid groups (broad SMARTS) is 1. The zero-order valence-corrected chi connectivity index (χ0v) is 11.9. The van der Waals surface area contributed by atoms with E-state index in [1.165, 1.54) is 0 Å². The van der Waals surface area contributed by atoms with E-state index in [9.17, 15) is 23.2 Å². The van der Waals surface area contributed by atoms with Crippen LogP contribution in [0.3, 0.4) is 0 Å². The average molecular weight is 310 g/mol. The third kappa shape index (κ3) is 11.7. The van der Waals surface area contributed by atoms with Crippen LogP contribution in [-0.2, 0) is 14.3 Å². The number of alkyl halides is 2. The van der Waals surface area contributed by atoms with E-state index >= 15 is 0 Å². The summed E-state index contributed by atoms with van der Waals surface area (Å²) >= 11 is 0. The van der Waals surface area contributed by atoms with Gasteiger partial charge in [0.25, 0.3) is 6.43 Å². The fourth-order valence-electron chi connectivity index (χ4n) is 1.53. The number of hydrogen-bond donors (Lipinski definition) is 3. The predicted molar refractivity (Wildman–Crippen MR) is 69.0 cm³/mol. The van der Waals surface area contributed by atoms with Gasteiger partial charge in [0.05, 0.1) is 13.0 Å². The molecule has 0 saturated carbocycles. The number of carbonyl (C=O) groups is 3. The van der Waals surface area contributed by atoms with Gasteiger partial charge >= 0.3 is 12.0 Å². The highest BCUT2D eigenvalue weighted by Crippen LogP contribution is 2.24. The number of aliphatic carboxylic acids is 1. The summed E-state index contributed by atoms with van der Waals surface area (Å²) in [5, 5.41) is 13.0. The van der Waals surface area contributed by atoms with Gasteiger partial charge in [-0.25, -0.2) is 13.6 Å². The zero-order chi connectivity index (χ0) is 16.5. The minimum atomic E-state index is -2.57. The smallest absolute Gasteiger partial charge is 0.321 e. The van der Waals surface area contributed by atoms with Gasteiger partial charge in [0.1, 0.15) is 6.61 Å². The molecule has 0 aromatic carbocycles. The van der Waals surface area contributed by atoms with Crippen molar-refractivity contribution in [2.24, 2.45) is 5.41 Å². The van der Waals surface area contributed by atoms with Crippen LogP contribution in [0.1, 0.15) is 26.7 Å². The molecule has 0 heterocycles. The van der Waals surface area contributed by atoms with Gasteiger partial charge in [0, 0.05) is 13.0 Å². The second-order valence-electron chi connectivity index (χ2n) is 5.18. The van der Waals surface area contributed by atoms with Crippen molar-refractivity contribution in [2.45, 2.75) is 33.1 Å². The maximum Gasteiger partial charge on any atom is 0.321 e. The maximum absolute atomic E-state index is 11.7. The first-order chi connectivity index (χ1) is 9.62. The summed E-state index contributed by atoms with van der Waals surface area (Å²) in [7, 11) is 0. The zero-order valence-electron chi connectivity index (χ0n) is 11.9. The Bertz CT molecular complexity index is 375. The lowest BCUT2D eigenvalue weighted by Gasteiger charge is -2.21. The van der Waals surface area contributed by atoms with E-state index in [4.69, 9.17) is 5.11 Å². The lowest BCUT2D eigenvalue weighted by atomic mass is 9.85. The van der Waals surface area contributed by atoms with E-state index < -0.39 is 36.4 Å². The molecule has 0 aromatic heterocycles. The summed E-state index contributed by atoms with van der Waals surface area (Å²) in [6, 6.07) is -0.785. The molecule has 3 N–H and O–H groups in total. The minimum absolute atomic E-state index is 0.0235. The topological polar surface area (TPSA) is 105 Å². The first kappa shape index (κ1) is 19.2. The van der Waals surface area contributed by atoms with Gasteiger partial charge in [-0.05, 0) is 5.41 Å². The minimum Gasteiger partial charge on any atom is -0.481 e. The number of imide groups is 1. The molecule has 122 valence electrons. The molecule has 0 spiro atoms. The van der Waals surface area contributed by atoms with E-state index in [0.29, 0.717) is 0 Å². The number of ether oxygens (including phenoxy) is 1. The Morgan fingerprint density at radius 1 is 1.24 bits per heavy atom. The van der Waals surface area contributed by atoms with E-state index in [1.54, 1.807) is 13.8 Å². The van der Waals surface area contributed by atoms with Crippen LogP contribution in [-0.4, -0.2) is 49.2 Å². The van der Waals surface area contributed by atoms with Crippen molar-refractivity contribution < 1.29 is 33.0 Å². The largest absolute Gasteiger partial charge is 0.481 e. The highest BCUT2D eigenvalue weighted by molar-refractivity contribution is 5.94. The summed E-state index contributed by atoms with van der Waals surface area (Å²) in [5.41, 5.74) is -0.781. The molecule has 0 fully saturated rings. The highest BCUT2D eigenvalue weighted by atomic mass is 19.3. The molecule has 9 heteroatoms. The van der Waals surface area contributed by atoms with Crippen molar-refractivity contribution in [3.05, 3.63) is 0 Å². The van der Waals surface area contributed by atoms with Crippen molar-refractivity contribution in [3.63, 3.8) is 0 Å². The predicted octanol–water partition coefficient (Wildman–Crippen LogP) is 0.985. The standard InChI is InChI=1S/C12H20F2N2O5/c1-12(2,6-10(18)19)5-9(17)16-11(20)15-3-4-21-7-8(13)14/h8H,3-7H2,1-2H3,(H,18,19)(H2,15,16,17,20). The van der Waals surface area contributed by atoms with Gasteiger partial charge in [0.15, 0.2) is 0 Å². The number of urea groups is 1. The summed E-state index contributed by atoms with van der Waals surface area (Å²) in [4.78, 5) is 33.4. The second kappa shape index (κ2) is 9.22. The monoisotopic (exact) mass is 310 g/mol. The maximum atomic E-state index is 11.7. The van der Waals surface area contributed by atoms with E-state index in [2.05, 4.69) is 10.1 Å². The van der Waals surface area contributed by atoms with Crippen LogP contribution in [0, 0.1) is 5.41 Å². The third-order valence-corrected chi connectivity index (χ3v) is 2.30. The summed E-state index contributed by atoms with van der Waals surface area (Å²) in [5.74, 6) is -1.65. The average Bonchev–Trinajstić information content (AvgIpc) is 2.24. The Hall–Kier alpha value is -1.77. The van der Waals surface area contributed by atoms with Gasteiger partial charge in [-0.3, -0.25) is 14.9 Å². The van der Waals surface area contributed by atoms with Crippen LogP contribution in [0.4, 0.5) is 13.6 Å². The molecule has 0 rings (SSSR count). The molecular weight excluding hydrogens is 290 g/mol. The van der Waals surface area contributed by atoms with Crippen molar-refractivity contribution in [3.8, 4) is 0 Å². The van der Waals surface area contributed by atoms with Crippen LogP contribution in [0.5, 0.6) is 0 Å². The fourth-order valence-corrected chi connectivity index (χ4v) is 1.53. The second-order valence-corrected chi connectivity index (χ2v) is 5.18. The molecule has 0 aromatic rings. The van der Waals surface area contributed by atoms with Crippen molar-refractivity contribution in [2.75, 3.05) is 19.8 Å². The van der Waals surface area contributed by atoms with Crippen LogP contribution in [0.2, 0.25) is 0 Å². The van der Waals surface area contributed by atoms with Crippen LogP contribution in [0.15, 0.2) is 0 Å². The van der Waals surface area contributed by atoms with Crippen LogP contribution < -0.4 is 10.6 Å². The molecular formula is C12H20F2N2O5. The Labute approximate surface area is 121 Å². The first-order valence-electron chi connectivity index (χ1n) is 6.28. The third-order valence-electron chi connectivity index (χ3n) is 2.30. The van der Waals surface area contributed by atoms with Gasteiger partial charge < -0.3 is 15.2 Å². The number of carbonyl (C=O) groups excluding carboxylic acids is 2. The molecule has 0 aliphatic heterocycles. The molecule has 0 radical (unpaired) electrons. The van der Waals surface area contributed by atoms with Crippen molar-refractivity contribution in [1.29, 1.82) is 0 Å². The molecule has 0 saturated heterocycles. The summed E-state index contributed by atoms with van der Waals surface area (Å²) in [6.45, 7) is 2.35. The quantitative estimate of drug-likeness (QED) is 0.551. The van der Waals surface area contributed by atoms with E-state index in [1.807, 2.05) is 5.32 Å². The highest BCUT2D eigenvalue weighted by Gasteiger charge is 2.25. The number of halogens is 2. The molecule has 0 aliphatic rings. The van der Waals surface area contributed by atoms with Crippen LogP contribution >= 0.6 is 0 Å². The molecule has 0 atom stereocenters. The first-order valence-corrected chi connectivity index (χ1v) is 6.28. The lowest BCUT2D eigenvalue weighted by Crippen LogP contribution is -2.42. The SMILES string of the molecule is CC(C)(CC(=O)O)CC(=O)NC(=O)NCCOCC(F)F. The van der Waals surface area contributed by atoms with E-state index in [-0.39, 0.29) is 26.0 Å². The number of nitrogens with one attached hydrogen (secondary N) is 2. The molecule has 7 nitrogen and oxygen atoms in total. The number of carboxylic acids is 1. The van der Waals surface area contributed by atoms with Gasteiger partial charge in [-0.15, -0.1) is 0 Å². The van der Waals surface area contributed by atoms with Crippen molar-refractivity contribution >= 4 is 17.9 Å². The Balaban J connectivity index is 3.89. The molecule has 0 unspecified atom stereocenters.